The van der Waals surface area contributed by atoms with Crippen LogP contribution in [0.4, 0.5) is 18.3 Å². The number of carbonyl (C=O) groups is 1. The van der Waals surface area contributed by atoms with Crippen LogP contribution in [0.25, 0.3) is 0 Å². The van der Waals surface area contributed by atoms with E-state index in [4.69, 9.17) is 0 Å². The Hall–Kier alpha value is -2.21. The third-order valence-electron chi connectivity index (χ3n) is 2.80. The quantitative estimate of drug-likeness (QED) is 0.817. The number of carbonyl (C=O) groups excluding carboxylic acids is 1. The van der Waals surface area contributed by atoms with Gasteiger partial charge in [0.15, 0.2) is 0 Å². The highest BCUT2D eigenvalue weighted by atomic mass is 32.2. The average molecular weight is 381 g/mol. The number of alkyl halides is 3. The maximum atomic E-state index is 12.5. The van der Waals surface area contributed by atoms with Crippen LogP contribution in [-0.4, -0.2) is 31.7 Å². The zero-order chi connectivity index (χ0) is 18.1. The highest BCUT2D eigenvalue weighted by molar-refractivity contribution is 7.93. The van der Waals surface area contributed by atoms with Crippen molar-refractivity contribution in [2.24, 2.45) is 0 Å². The number of anilines is 1. The van der Waals surface area contributed by atoms with Gasteiger partial charge in [-0.25, -0.2) is 13.2 Å². The molecule has 1 heterocycles. The van der Waals surface area contributed by atoms with Gasteiger partial charge in [0, 0.05) is 0 Å². The van der Waals surface area contributed by atoms with Crippen LogP contribution in [-0.2, 0) is 20.9 Å². The molecule has 0 amide bonds. The van der Waals surface area contributed by atoms with Crippen molar-refractivity contribution in [3.8, 4) is 0 Å². The lowest BCUT2D eigenvalue weighted by molar-refractivity contribution is -0.138. The van der Waals surface area contributed by atoms with Crippen LogP contribution < -0.4 is 4.72 Å². The fraction of sp³-hybridized carbons (Fsp3) is 0.250. The first kappa shape index (κ1) is 18.1. The second-order valence-corrected chi connectivity index (χ2v) is 7.08. The summed E-state index contributed by atoms with van der Waals surface area (Å²) >= 11 is 0.0319. The number of nitrogens with one attached hydrogen (secondary N) is 1. The summed E-state index contributed by atoms with van der Waals surface area (Å²) in [6.45, 7) is 1.50. The molecule has 0 aliphatic rings. The first-order valence-electron chi connectivity index (χ1n) is 6.17. The first-order chi connectivity index (χ1) is 11.1. The Morgan fingerprint density at radius 3 is 2.50 bits per heavy atom. The van der Waals surface area contributed by atoms with Crippen LogP contribution in [0, 0.1) is 6.92 Å². The van der Waals surface area contributed by atoms with Crippen LogP contribution in [0.15, 0.2) is 23.1 Å². The number of sulfonamides is 1. The molecule has 0 bridgehead atoms. The Morgan fingerprint density at radius 2 is 1.96 bits per heavy atom. The molecular weight excluding hydrogens is 371 g/mol. The molecule has 1 aromatic heterocycles. The van der Waals surface area contributed by atoms with Gasteiger partial charge in [-0.2, -0.15) is 13.2 Å². The van der Waals surface area contributed by atoms with Gasteiger partial charge in [-0.15, -0.1) is 10.2 Å². The van der Waals surface area contributed by atoms with E-state index in [9.17, 15) is 26.4 Å². The Bertz CT molecular complexity index is 878. The Morgan fingerprint density at radius 1 is 1.29 bits per heavy atom. The van der Waals surface area contributed by atoms with Gasteiger partial charge in [0.25, 0.3) is 10.0 Å². The summed E-state index contributed by atoms with van der Waals surface area (Å²) in [5.41, 5.74) is 0.117. The van der Waals surface area contributed by atoms with E-state index in [0.717, 1.165) is 13.2 Å². The first-order valence-corrected chi connectivity index (χ1v) is 8.47. The fourth-order valence-corrected chi connectivity index (χ4v) is 3.89. The molecule has 0 unspecified atom stereocenters. The highest BCUT2D eigenvalue weighted by Gasteiger charge is 2.36. The smallest absolute Gasteiger partial charge is 0.445 e. The summed E-state index contributed by atoms with van der Waals surface area (Å²) in [4.78, 5) is 11.4. The van der Waals surface area contributed by atoms with Crippen LogP contribution in [0.1, 0.15) is 20.9 Å². The molecule has 0 aliphatic carbocycles. The summed E-state index contributed by atoms with van der Waals surface area (Å²) in [5, 5.41) is 4.17. The molecule has 24 heavy (non-hydrogen) atoms. The lowest BCUT2D eigenvalue weighted by Gasteiger charge is -2.11. The number of nitrogens with zero attached hydrogens (tertiary/aromatic N) is 2. The zero-order valence-electron chi connectivity index (χ0n) is 12.2. The number of rotatable bonds is 4. The third-order valence-corrected chi connectivity index (χ3v) is 5.20. The van der Waals surface area contributed by atoms with Gasteiger partial charge in [-0.1, -0.05) is 23.5 Å². The van der Waals surface area contributed by atoms with Crippen molar-refractivity contribution < 1.29 is 31.1 Å². The zero-order valence-corrected chi connectivity index (χ0v) is 13.8. The van der Waals surface area contributed by atoms with Crippen molar-refractivity contribution in [3.63, 3.8) is 0 Å². The van der Waals surface area contributed by atoms with Gasteiger partial charge in [-0.3, -0.25) is 4.72 Å². The van der Waals surface area contributed by atoms with Gasteiger partial charge < -0.3 is 4.74 Å². The molecule has 1 N–H and O–H groups in total. The van der Waals surface area contributed by atoms with Crippen LogP contribution >= 0.6 is 11.3 Å². The maximum absolute atomic E-state index is 12.5. The van der Waals surface area contributed by atoms with Gasteiger partial charge in [0.05, 0.1) is 12.7 Å². The minimum atomic E-state index is -4.73. The predicted molar refractivity (Wildman–Crippen MR) is 78.2 cm³/mol. The number of hydrogen-bond donors (Lipinski definition) is 1. The summed E-state index contributed by atoms with van der Waals surface area (Å²) in [6.07, 6.45) is -4.73. The molecule has 130 valence electrons. The van der Waals surface area contributed by atoms with Gasteiger partial charge in [0.1, 0.15) is 4.90 Å². The van der Waals surface area contributed by atoms with Crippen molar-refractivity contribution >= 4 is 32.5 Å². The van der Waals surface area contributed by atoms with E-state index in [2.05, 4.69) is 14.9 Å². The van der Waals surface area contributed by atoms with Crippen molar-refractivity contribution in [3.05, 3.63) is 34.3 Å². The number of aryl methyl sites for hydroxylation is 1. The predicted octanol–water partition coefficient (Wildman–Crippen LogP) is 2.45. The van der Waals surface area contributed by atoms with E-state index in [1.54, 1.807) is 0 Å². The largest absolute Gasteiger partial charge is 0.465 e. The molecule has 0 saturated heterocycles. The molecule has 1 aromatic carbocycles. The van der Waals surface area contributed by atoms with E-state index in [0.29, 0.717) is 5.56 Å². The monoisotopic (exact) mass is 381 g/mol. The topological polar surface area (TPSA) is 98.2 Å². The Balaban J connectivity index is 2.44. The van der Waals surface area contributed by atoms with Crippen molar-refractivity contribution in [2.45, 2.75) is 18.0 Å². The van der Waals surface area contributed by atoms with E-state index < -0.39 is 37.2 Å². The third kappa shape index (κ3) is 3.64. The Labute approximate surface area is 138 Å². The second kappa shape index (κ2) is 6.36. The van der Waals surface area contributed by atoms with E-state index in [-0.39, 0.29) is 16.9 Å². The molecule has 0 radical (unpaired) electrons. The molecule has 0 fully saturated rings. The number of methoxy groups -OCH3 is 1. The number of aromatic nitrogens is 2. The van der Waals surface area contributed by atoms with Gasteiger partial charge in [0.2, 0.25) is 10.1 Å². The standard InChI is InChI=1S/C12H10F3N3O4S2/c1-6-4-3-5-7(8(6)9(19)22-2)24(20,21)18-11-17-16-10(23-11)12(13,14)15/h3-5H,1-2H3,(H,17,18). The van der Waals surface area contributed by atoms with Crippen LogP contribution in [0.2, 0.25) is 0 Å². The number of halogens is 3. The minimum Gasteiger partial charge on any atom is -0.465 e. The number of benzene rings is 1. The van der Waals surface area contributed by atoms with Crippen molar-refractivity contribution in [1.29, 1.82) is 0 Å². The van der Waals surface area contributed by atoms with Crippen molar-refractivity contribution in [1.82, 2.24) is 10.2 Å². The second-order valence-electron chi connectivity index (χ2n) is 4.46. The molecule has 2 rings (SSSR count). The van der Waals surface area contributed by atoms with E-state index >= 15 is 0 Å². The summed E-state index contributed by atoms with van der Waals surface area (Å²) < 4.78 is 68.7. The molecule has 0 aliphatic heterocycles. The SMILES string of the molecule is COC(=O)c1c(C)cccc1S(=O)(=O)Nc1nnc(C(F)(F)F)s1. The number of hydrogen-bond acceptors (Lipinski definition) is 7. The minimum absolute atomic E-state index is 0.0319. The fourth-order valence-electron chi connectivity index (χ4n) is 1.78. The van der Waals surface area contributed by atoms with Gasteiger partial charge >= 0.3 is 12.1 Å². The maximum Gasteiger partial charge on any atom is 0.445 e. The lowest BCUT2D eigenvalue weighted by Crippen LogP contribution is -2.18. The highest BCUT2D eigenvalue weighted by Crippen LogP contribution is 2.34. The Kier molecular flexibility index (Phi) is 4.80. The molecule has 0 saturated carbocycles. The van der Waals surface area contributed by atoms with E-state index in [1.807, 2.05) is 4.72 Å². The summed E-state index contributed by atoms with van der Waals surface area (Å²) in [6, 6.07) is 4.02. The van der Waals surface area contributed by atoms with Gasteiger partial charge in [-0.05, 0) is 18.6 Å². The average Bonchev–Trinajstić information content (AvgIpc) is 2.94. The molecule has 2 aromatic rings. The van der Waals surface area contributed by atoms with Crippen LogP contribution in [0.3, 0.4) is 0 Å². The molecule has 0 spiro atoms. The molecular formula is C12H10F3N3O4S2. The molecule has 7 nitrogen and oxygen atoms in total. The normalized spacial score (nSPS) is 12.0. The lowest BCUT2D eigenvalue weighted by atomic mass is 10.1. The number of esters is 1. The summed E-state index contributed by atoms with van der Waals surface area (Å²) in [7, 11) is -3.28. The van der Waals surface area contributed by atoms with Crippen LogP contribution in [0.5, 0.6) is 0 Å². The number of ether oxygens (including phenoxy) is 1. The summed E-state index contributed by atoms with van der Waals surface area (Å²) in [5.74, 6) is -0.887. The molecule has 12 heteroatoms. The molecule has 0 atom stereocenters. The van der Waals surface area contributed by atoms with E-state index in [1.165, 1.54) is 19.1 Å². The van der Waals surface area contributed by atoms with Crippen molar-refractivity contribution in [2.75, 3.05) is 11.8 Å².